The van der Waals surface area contributed by atoms with E-state index < -0.39 is 11.9 Å². The third-order valence-electron chi connectivity index (χ3n) is 6.34. The minimum Gasteiger partial charge on any atom is -0.493 e. The number of aliphatic hydroxyl groups excluding tert-OH is 1. The number of amides is 2. The van der Waals surface area contributed by atoms with Crippen molar-refractivity contribution in [1.82, 2.24) is 30.4 Å². The molecule has 1 fully saturated rings. The molecule has 2 amide bonds. The molecule has 4 rings (SSSR count). The van der Waals surface area contributed by atoms with E-state index >= 15 is 0 Å². The molecule has 2 N–H and O–H groups in total. The maximum atomic E-state index is 13.6. The fraction of sp³-hybridized carbons (Fsp3) is 0.480. The first-order valence-electron chi connectivity index (χ1n) is 12.2. The molecular weight excluding hydrogens is 480 g/mol. The van der Waals surface area contributed by atoms with Gasteiger partial charge in [0, 0.05) is 12.6 Å². The van der Waals surface area contributed by atoms with Gasteiger partial charge < -0.3 is 29.2 Å². The number of nitrogens with one attached hydrogen (secondary N) is 1. The number of ether oxygens (including phenoxy) is 2. The minimum atomic E-state index is -1.02. The topological polar surface area (TPSA) is 145 Å². The number of aromatic nitrogens is 4. The average Bonchev–Trinajstić information content (AvgIpc) is 3.66. The molecule has 0 saturated heterocycles. The van der Waals surface area contributed by atoms with Gasteiger partial charge >= 0.3 is 0 Å². The number of nitrogens with zero attached hydrogens (tertiary/aromatic N) is 5. The van der Waals surface area contributed by atoms with Crippen molar-refractivity contribution in [3.05, 3.63) is 41.7 Å². The van der Waals surface area contributed by atoms with Gasteiger partial charge in [-0.2, -0.15) is 4.80 Å². The van der Waals surface area contributed by atoms with Gasteiger partial charge in [-0.05, 0) is 54.8 Å². The molecule has 0 spiro atoms. The molecule has 37 heavy (non-hydrogen) atoms. The van der Waals surface area contributed by atoms with Crippen LogP contribution in [0.2, 0.25) is 0 Å². The van der Waals surface area contributed by atoms with Crippen LogP contribution in [0.4, 0.5) is 0 Å². The highest BCUT2D eigenvalue weighted by Gasteiger charge is 2.34. The molecule has 0 unspecified atom stereocenters. The Morgan fingerprint density at radius 2 is 1.95 bits per heavy atom. The molecule has 0 bridgehead atoms. The van der Waals surface area contributed by atoms with Crippen LogP contribution in [0.15, 0.2) is 34.7 Å². The first kappa shape index (κ1) is 26.1. The zero-order valence-electron chi connectivity index (χ0n) is 21.2. The first-order valence-corrected chi connectivity index (χ1v) is 12.2. The zero-order chi connectivity index (χ0) is 26.4. The summed E-state index contributed by atoms with van der Waals surface area (Å²) in [5.41, 5.74) is 0.522. The Morgan fingerprint density at radius 3 is 2.59 bits per heavy atom. The van der Waals surface area contributed by atoms with E-state index in [-0.39, 0.29) is 37.5 Å². The van der Waals surface area contributed by atoms with E-state index in [1.165, 1.54) is 19.1 Å². The van der Waals surface area contributed by atoms with Crippen LogP contribution < -0.4 is 14.8 Å². The number of rotatable bonds is 11. The van der Waals surface area contributed by atoms with Gasteiger partial charge in [-0.3, -0.25) is 9.59 Å². The van der Waals surface area contributed by atoms with Crippen LogP contribution in [0.25, 0.3) is 11.6 Å². The van der Waals surface area contributed by atoms with Crippen molar-refractivity contribution in [3.63, 3.8) is 0 Å². The first-order chi connectivity index (χ1) is 17.9. The van der Waals surface area contributed by atoms with Crippen molar-refractivity contribution in [2.45, 2.75) is 51.2 Å². The normalized spacial score (nSPS) is 14.4. The summed E-state index contributed by atoms with van der Waals surface area (Å²) in [7, 11) is 3.02. The number of aryl methyl sites for hydroxylation is 1. The number of methoxy groups -OCH3 is 2. The molecule has 12 heteroatoms. The standard InChI is InChI=1S/C25H32N6O6/c1-16-8-10-20(37-16)24-27-29-31(28-24)15-22(33)30(12-13-32)23(25(34)26-18-6-4-5-7-18)17-9-11-19(35-2)21(14-17)36-3/h8-11,14,18,23,32H,4-7,12-13,15H2,1-3H3,(H,26,34)/t23-/m1/s1. The maximum Gasteiger partial charge on any atom is 0.247 e. The fourth-order valence-electron chi connectivity index (χ4n) is 4.53. The van der Waals surface area contributed by atoms with Gasteiger partial charge in [0.2, 0.25) is 17.6 Å². The second kappa shape index (κ2) is 11.9. The number of hydrogen-bond acceptors (Lipinski definition) is 9. The molecule has 3 aromatic rings. The molecule has 1 aliphatic rings. The second-order valence-corrected chi connectivity index (χ2v) is 8.87. The lowest BCUT2D eigenvalue weighted by molar-refractivity contribution is -0.142. The number of tetrazole rings is 1. The number of hydrogen-bond donors (Lipinski definition) is 2. The Hall–Kier alpha value is -3.93. The predicted octanol–water partition coefficient (Wildman–Crippen LogP) is 1.88. The molecule has 1 saturated carbocycles. The summed E-state index contributed by atoms with van der Waals surface area (Å²) in [6, 6.07) is 7.58. The quantitative estimate of drug-likeness (QED) is 0.393. The van der Waals surface area contributed by atoms with Crippen LogP contribution in [-0.2, 0) is 16.1 Å². The van der Waals surface area contributed by atoms with Gasteiger partial charge in [-0.25, -0.2) is 0 Å². The molecule has 1 atom stereocenters. The summed E-state index contributed by atoms with van der Waals surface area (Å²) in [5.74, 6) is 1.49. The molecule has 198 valence electrons. The van der Waals surface area contributed by atoms with Crippen LogP contribution in [-0.4, -0.2) is 75.4 Å². The second-order valence-electron chi connectivity index (χ2n) is 8.87. The molecule has 0 radical (unpaired) electrons. The summed E-state index contributed by atoms with van der Waals surface area (Å²) in [5, 5.41) is 25.1. The molecular formula is C25H32N6O6. The monoisotopic (exact) mass is 512 g/mol. The van der Waals surface area contributed by atoms with Gasteiger partial charge in [0.1, 0.15) is 18.3 Å². The molecule has 12 nitrogen and oxygen atoms in total. The number of aliphatic hydroxyl groups is 1. The van der Waals surface area contributed by atoms with Gasteiger partial charge in [0.25, 0.3) is 0 Å². The zero-order valence-corrected chi connectivity index (χ0v) is 21.2. The van der Waals surface area contributed by atoms with Crippen molar-refractivity contribution >= 4 is 11.8 Å². The Labute approximate surface area is 214 Å². The van der Waals surface area contributed by atoms with Crippen LogP contribution >= 0.6 is 0 Å². The summed E-state index contributed by atoms with van der Waals surface area (Å²) in [4.78, 5) is 29.6. The third-order valence-corrected chi connectivity index (χ3v) is 6.34. The lowest BCUT2D eigenvalue weighted by Crippen LogP contribution is -2.48. The minimum absolute atomic E-state index is 0.0394. The van der Waals surface area contributed by atoms with Crippen LogP contribution in [0, 0.1) is 6.92 Å². The average molecular weight is 513 g/mol. The highest BCUT2D eigenvalue weighted by Crippen LogP contribution is 2.33. The Morgan fingerprint density at radius 1 is 1.19 bits per heavy atom. The maximum absolute atomic E-state index is 13.6. The van der Waals surface area contributed by atoms with Crippen molar-refractivity contribution in [2.24, 2.45) is 0 Å². The number of carbonyl (C=O) groups excluding carboxylic acids is 2. The van der Waals surface area contributed by atoms with Crippen molar-refractivity contribution < 1.29 is 28.6 Å². The summed E-state index contributed by atoms with van der Waals surface area (Å²) >= 11 is 0. The van der Waals surface area contributed by atoms with Crippen molar-refractivity contribution in [1.29, 1.82) is 0 Å². The van der Waals surface area contributed by atoms with Crippen molar-refractivity contribution in [3.8, 4) is 23.1 Å². The van der Waals surface area contributed by atoms with Crippen LogP contribution in [0.5, 0.6) is 11.5 Å². The van der Waals surface area contributed by atoms with Gasteiger partial charge in [0.05, 0.1) is 20.8 Å². The highest BCUT2D eigenvalue weighted by molar-refractivity contribution is 5.89. The Balaban J connectivity index is 1.63. The van der Waals surface area contributed by atoms with E-state index in [0.717, 1.165) is 30.5 Å². The van der Waals surface area contributed by atoms with E-state index in [0.29, 0.717) is 28.6 Å². The molecule has 1 aliphatic carbocycles. The van der Waals surface area contributed by atoms with Crippen LogP contribution in [0.3, 0.4) is 0 Å². The fourth-order valence-corrected chi connectivity index (χ4v) is 4.53. The molecule has 2 aromatic heterocycles. The Bertz CT molecular complexity index is 1220. The predicted molar refractivity (Wildman–Crippen MR) is 132 cm³/mol. The van der Waals surface area contributed by atoms with E-state index in [2.05, 4.69) is 20.7 Å². The lowest BCUT2D eigenvalue weighted by Gasteiger charge is -2.32. The number of carbonyl (C=O) groups is 2. The molecule has 2 heterocycles. The Kier molecular flexibility index (Phi) is 8.39. The van der Waals surface area contributed by atoms with Gasteiger partial charge in [0.15, 0.2) is 17.3 Å². The van der Waals surface area contributed by atoms with Gasteiger partial charge in [-0.15, -0.1) is 10.2 Å². The third kappa shape index (κ3) is 6.08. The number of furan rings is 1. The summed E-state index contributed by atoms with van der Waals surface area (Å²) in [6.45, 7) is 1.10. The van der Waals surface area contributed by atoms with Crippen molar-refractivity contribution in [2.75, 3.05) is 27.4 Å². The highest BCUT2D eigenvalue weighted by atomic mass is 16.5. The van der Waals surface area contributed by atoms with E-state index in [1.54, 1.807) is 37.3 Å². The molecule has 1 aromatic carbocycles. The van der Waals surface area contributed by atoms with E-state index in [4.69, 9.17) is 13.9 Å². The number of benzene rings is 1. The van der Waals surface area contributed by atoms with E-state index in [1.807, 2.05) is 0 Å². The molecule has 0 aliphatic heterocycles. The largest absolute Gasteiger partial charge is 0.493 e. The summed E-state index contributed by atoms with van der Waals surface area (Å²) in [6.07, 6.45) is 3.86. The lowest BCUT2D eigenvalue weighted by atomic mass is 10.0. The SMILES string of the molecule is COc1ccc([C@H](C(=O)NC2CCCC2)N(CCO)C(=O)Cn2nnc(-c3ccc(C)o3)n2)cc1OC. The van der Waals surface area contributed by atoms with Crippen LogP contribution in [0.1, 0.15) is 43.0 Å². The van der Waals surface area contributed by atoms with E-state index in [9.17, 15) is 14.7 Å². The smallest absolute Gasteiger partial charge is 0.247 e. The summed E-state index contributed by atoms with van der Waals surface area (Å²) < 4.78 is 16.3. The van der Waals surface area contributed by atoms with Gasteiger partial charge in [-0.1, -0.05) is 18.9 Å².